The van der Waals surface area contributed by atoms with Crippen LogP contribution >= 0.6 is 0 Å². The van der Waals surface area contributed by atoms with Crippen molar-refractivity contribution in [2.75, 3.05) is 11.3 Å². The zero-order chi connectivity index (χ0) is 26.4. The van der Waals surface area contributed by atoms with Crippen LogP contribution < -0.4 is 15.0 Å². The zero-order valence-electron chi connectivity index (χ0n) is 20.8. The second-order valence-electron chi connectivity index (χ2n) is 9.24. The van der Waals surface area contributed by atoms with Gasteiger partial charge in [-0.15, -0.1) is 5.10 Å². The van der Waals surface area contributed by atoms with Crippen molar-refractivity contribution in [3.63, 3.8) is 0 Å². The van der Waals surface area contributed by atoms with Crippen LogP contribution in [0.1, 0.15) is 50.0 Å². The molecule has 2 aromatic carbocycles. The topological polar surface area (TPSA) is 157 Å². The Morgan fingerprint density at radius 1 is 1.18 bits per heavy atom. The second-order valence-corrected chi connectivity index (χ2v) is 10.9. The van der Waals surface area contributed by atoms with Crippen LogP contribution in [-0.4, -0.2) is 44.9 Å². The number of sulfonamides is 1. The number of rotatable bonds is 7. The molecule has 0 bridgehead atoms. The van der Waals surface area contributed by atoms with Gasteiger partial charge in [0.25, 0.3) is 15.6 Å². The molecule has 5 aromatic rings. The molecular formula is C25H25N7O5S. The van der Waals surface area contributed by atoms with Crippen LogP contribution in [0.5, 0.6) is 5.75 Å². The fourth-order valence-electron chi connectivity index (χ4n) is 5.03. The lowest BCUT2D eigenvalue weighted by Gasteiger charge is -2.14. The lowest BCUT2D eigenvalue weighted by Crippen LogP contribution is -2.17. The van der Waals surface area contributed by atoms with Crippen LogP contribution in [0.15, 0.2) is 50.7 Å². The van der Waals surface area contributed by atoms with Gasteiger partial charge >= 0.3 is 0 Å². The maximum absolute atomic E-state index is 13.3. The summed E-state index contributed by atoms with van der Waals surface area (Å²) in [6, 6.07) is 9.38. The standard InChI is InChI=1S/C25H25N7O5S/c1-3-36-19-12-11-16(31-38(34,35)20-10-6-9-18-21(20)30-37-29-18)13-17(19)23-27-25(33)22-14(2)26-24(32(22)28-23)15-7-4-5-8-15/h6,9-13,15,31H,3-5,7-8H2,1-2H3,(H,27,28,33). The second kappa shape index (κ2) is 9.24. The van der Waals surface area contributed by atoms with Gasteiger partial charge in [0.2, 0.25) is 0 Å². The number of imidazole rings is 1. The van der Waals surface area contributed by atoms with Gasteiger partial charge in [-0.3, -0.25) is 9.52 Å². The zero-order valence-corrected chi connectivity index (χ0v) is 21.6. The molecule has 38 heavy (non-hydrogen) atoms. The number of nitrogens with zero attached hydrogens (tertiary/aromatic N) is 5. The van der Waals surface area contributed by atoms with Crippen molar-refractivity contribution in [2.45, 2.75) is 50.3 Å². The summed E-state index contributed by atoms with van der Waals surface area (Å²) in [7, 11) is -4.05. The summed E-state index contributed by atoms with van der Waals surface area (Å²) in [6.45, 7) is 4.00. The van der Waals surface area contributed by atoms with Crippen molar-refractivity contribution in [3.8, 4) is 17.1 Å². The lowest BCUT2D eigenvalue weighted by molar-refractivity contribution is 0.315. The first-order valence-electron chi connectivity index (χ1n) is 12.4. The molecule has 1 aliphatic carbocycles. The number of ether oxygens (including phenoxy) is 1. The van der Waals surface area contributed by atoms with E-state index in [0.29, 0.717) is 34.6 Å². The van der Waals surface area contributed by atoms with Crippen LogP contribution in [-0.2, 0) is 10.0 Å². The van der Waals surface area contributed by atoms with Gasteiger partial charge in [-0.2, -0.15) is 0 Å². The minimum absolute atomic E-state index is 0.0743. The molecule has 1 aliphatic rings. The van der Waals surface area contributed by atoms with Crippen LogP contribution in [0.25, 0.3) is 27.9 Å². The molecule has 3 heterocycles. The molecule has 1 saturated carbocycles. The van der Waals surface area contributed by atoms with Gasteiger partial charge in [-0.1, -0.05) is 18.9 Å². The first-order chi connectivity index (χ1) is 18.4. The van der Waals surface area contributed by atoms with E-state index in [4.69, 9.17) is 14.5 Å². The molecule has 0 atom stereocenters. The molecule has 0 spiro atoms. The number of aromatic nitrogens is 6. The quantitative estimate of drug-likeness (QED) is 0.316. The summed E-state index contributed by atoms with van der Waals surface area (Å²) >= 11 is 0. The number of hydrogen-bond acceptors (Lipinski definition) is 9. The van der Waals surface area contributed by atoms with Crippen LogP contribution in [0.2, 0.25) is 0 Å². The molecule has 6 rings (SSSR count). The molecule has 2 N–H and O–H groups in total. The lowest BCUT2D eigenvalue weighted by atomic mass is 10.1. The molecule has 0 unspecified atom stereocenters. The average molecular weight is 536 g/mol. The van der Waals surface area contributed by atoms with E-state index in [1.807, 2.05) is 6.92 Å². The minimum Gasteiger partial charge on any atom is -0.493 e. The van der Waals surface area contributed by atoms with Crippen molar-refractivity contribution >= 4 is 32.3 Å². The molecule has 12 nitrogen and oxygen atoms in total. The van der Waals surface area contributed by atoms with Gasteiger partial charge in [-0.25, -0.2) is 22.5 Å². The third kappa shape index (κ3) is 4.08. The highest BCUT2D eigenvalue weighted by Gasteiger charge is 2.26. The van der Waals surface area contributed by atoms with Gasteiger partial charge in [-0.05, 0) is 67.3 Å². The molecule has 0 amide bonds. The van der Waals surface area contributed by atoms with Gasteiger partial charge in [0.05, 0.1) is 17.9 Å². The van der Waals surface area contributed by atoms with Crippen molar-refractivity contribution in [2.24, 2.45) is 0 Å². The summed E-state index contributed by atoms with van der Waals surface area (Å²) in [5, 5.41) is 12.2. The molecular weight excluding hydrogens is 510 g/mol. The number of hydrogen-bond donors (Lipinski definition) is 2. The fraction of sp³-hybridized carbons (Fsp3) is 0.320. The number of H-pyrrole nitrogens is 1. The summed E-state index contributed by atoms with van der Waals surface area (Å²) in [5.74, 6) is 1.69. The van der Waals surface area contributed by atoms with Gasteiger partial charge in [0, 0.05) is 11.6 Å². The Bertz CT molecular complexity index is 1830. The van der Waals surface area contributed by atoms with Gasteiger partial charge < -0.3 is 9.72 Å². The van der Waals surface area contributed by atoms with Crippen molar-refractivity contribution < 1.29 is 17.8 Å². The monoisotopic (exact) mass is 535 g/mol. The molecule has 13 heteroatoms. The number of aryl methyl sites for hydroxylation is 1. The number of anilines is 1. The minimum atomic E-state index is -4.05. The van der Waals surface area contributed by atoms with Crippen LogP contribution in [0, 0.1) is 6.92 Å². The number of fused-ring (bicyclic) bond motifs is 2. The summed E-state index contributed by atoms with van der Waals surface area (Å²) < 4.78 is 41.2. The highest BCUT2D eigenvalue weighted by atomic mass is 32.2. The Kier molecular flexibility index (Phi) is 5.86. The SMILES string of the molecule is CCOc1ccc(NS(=O)(=O)c2cccc3nonc23)cc1-c1nn2c(C3CCCC3)nc(C)c2c(=O)[nH]1. The summed E-state index contributed by atoms with van der Waals surface area (Å²) in [5.41, 5.74) is 1.81. The maximum atomic E-state index is 13.3. The molecule has 0 saturated heterocycles. The van der Waals surface area contributed by atoms with Gasteiger partial charge in [0.1, 0.15) is 22.0 Å². The smallest absolute Gasteiger partial charge is 0.277 e. The van der Waals surface area contributed by atoms with Crippen molar-refractivity contribution in [3.05, 3.63) is 58.3 Å². The molecule has 196 valence electrons. The van der Waals surface area contributed by atoms with E-state index in [1.54, 1.807) is 41.8 Å². The third-order valence-electron chi connectivity index (χ3n) is 6.75. The average Bonchev–Trinajstić information content (AvgIpc) is 3.65. The first-order valence-corrected chi connectivity index (χ1v) is 13.8. The van der Waals surface area contributed by atoms with Crippen molar-refractivity contribution in [1.82, 2.24) is 29.9 Å². The Balaban J connectivity index is 1.46. The van der Waals surface area contributed by atoms with E-state index in [-0.39, 0.29) is 33.4 Å². The highest BCUT2D eigenvalue weighted by Crippen LogP contribution is 2.35. The Hall–Kier alpha value is -4.26. The van der Waals surface area contributed by atoms with E-state index in [1.165, 1.54) is 6.07 Å². The Morgan fingerprint density at radius 3 is 2.79 bits per heavy atom. The largest absolute Gasteiger partial charge is 0.493 e. The molecule has 0 radical (unpaired) electrons. The van der Waals surface area contributed by atoms with Crippen LogP contribution in [0.4, 0.5) is 5.69 Å². The van der Waals surface area contributed by atoms with Crippen LogP contribution in [0.3, 0.4) is 0 Å². The number of benzene rings is 2. The molecule has 0 aliphatic heterocycles. The Morgan fingerprint density at radius 2 is 2.00 bits per heavy atom. The summed E-state index contributed by atoms with van der Waals surface area (Å²) in [4.78, 5) is 20.6. The normalized spacial score (nSPS) is 14.5. The number of aromatic amines is 1. The summed E-state index contributed by atoms with van der Waals surface area (Å²) in [6.07, 6.45) is 4.22. The Labute approximate surface area is 217 Å². The van der Waals surface area contributed by atoms with E-state index in [2.05, 4.69) is 25.0 Å². The third-order valence-corrected chi connectivity index (χ3v) is 8.16. The molecule has 1 fully saturated rings. The predicted molar refractivity (Wildman–Crippen MR) is 139 cm³/mol. The molecule has 3 aromatic heterocycles. The highest BCUT2D eigenvalue weighted by molar-refractivity contribution is 7.93. The maximum Gasteiger partial charge on any atom is 0.277 e. The van der Waals surface area contributed by atoms with E-state index >= 15 is 0 Å². The van der Waals surface area contributed by atoms with Crippen molar-refractivity contribution in [1.29, 1.82) is 0 Å². The van der Waals surface area contributed by atoms with E-state index in [9.17, 15) is 13.2 Å². The van der Waals surface area contributed by atoms with E-state index < -0.39 is 10.0 Å². The van der Waals surface area contributed by atoms with Gasteiger partial charge in [0.15, 0.2) is 16.9 Å². The predicted octanol–water partition coefficient (Wildman–Crippen LogP) is 3.79. The first kappa shape index (κ1) is 24.1. The number of nitrogens with one attached hydrogen (secondary N) is 2. The fourth-order valence-corrected chi connectivity index (χ4v) is 6.23. The van der Waals surface area contributed by atoms with E-state index in [0.717, 1.165) is 31.5 Å².